The van der Waals surface area contributed by atoms with Gasteiger partial charge in [0, 0.05) is 6.54 Å². The maximum absolute atomic E-state index is 13.8. The molecule has 0 saturated carbocycles. The smallest absolute Gasteiger partial charge is 0.409 e. The molecular formula is C21H22F3N3O3. The Labute approximate surface area is 172 Å². The second-order valence-corrected chi connectivity index (χ2v) is 7.11. The van der Waals surface area contributed by atoms with Gasteiger partial charge in [-0.05, 0) is 36.9 Å². The van der Waals surface area contributed by atoms with Crippen LogP contribution in [-0.4, -0.2) is 49.6 Å². The van der Waals surface area contributed by atoms with E-state index in [2.05, 4.69) is 5.32 Å². The number of para-hydroxylation sites is 2. The fourth-order valence-electron chi connectivity index (χ4n) is 3.44. The normalized spacial score (nSPS) is 16.7. The fourth-order valence-corrected chi connectivity index (χ4v) is 3.44. The Morgan fingerprint density at radius 1 is 1.23 bits per heavy atom. The first-order valence-electron chi connectivity index (χ1n) is 9.28. The molecule has 1 N–H and O–H groups in total. The van der Waals surface area contributed by atoms with Crippen LogP contribution in [0.5, 0.6) is 5.75 Å². The number of anilines is 2. The highest BCUT2D eigenvalue weighted by Crippen LogP contribution is 2.37. The number of fused-ring (bicyclic) bond motifs is 1. The van der Waals surface area contributed by atoms with Crippen molar-refractivity contribution in [3.63, 3.8) is 0 Å². The molecule has 0 fully saturated rings. The third-order valence-corrected chi connectivity index (χ3v) is 4.77. The first-order valence-corrected chi connectivity index (χ1v) is 9.28. The number of hydrogen-bond acceptors (Lipinski definition) is 4. The number of nitrogens with zero attached hydrogens (tertiary/aromatic N) is 2. The first-order chi connectivity index (χ1) is 14.2. The summed E-state index contributed by atoms with van der Waals surface area (Å²) in [5, 5.41) is 2.45. The van der Waals surface area contributed by atoms with Gasteiger partial charge >= 0.3 is 6.18 Å². The number of hydrogen-bond donors (Lipinski definition) is 1. The van der Waals surface area contributed by atoms with Gasteiger partial charge in [-0.15, -0.1) is 0 Å². The number of halogens is 3. The van der Waals surface area contributed by atoms with Crippen molar-refractivity contribution in [3.05, 3.63) is 54.1 Å². The molecule has 160 valence electrons. The number of nitrogens with one attached hydrogen (secondary N) is 1. The summed E-state index contributed by atoms with van der Waals surface area (Å²) in [5.41, 5.74) is 1.06. The van der Waals surface area contributed by atoms with Gasteiger partial charge in [0.2, 0.25) is 11.8 Å². The van der Waals surface area contributed by atoms with Crippen molar-refractivity contribution >= 4 is 23.2 Å². The van der Waals surface area contributed by atoms with Crippen LogP contribution in [0.15, 0.2) is 48.5 Å². The molecular weight excluding hydrogens is 399 g/mol. The van der Waals surface area contributed by atoms with E-state index in [1.54, 1.807) is 36.2 Å². The molecule has 0 saturated heterocycles. The van der Waals surface area contributed by atoms with Gasteiger partial charge in [0.25, 0.3) is 0 Å². The van der Waals surface area contributed by atoms with Crippen molar-refractivity contribution in [2.75, 3.05) is 30.9 Å². The molecule has 2 aromatic rings. The summed E-state index contributed by atoms with van der Waals surface area (Å²) in [7, 11) is 3.18. The van der Waals surface area contributed by atoms with E-state index < -0.39 is 30.5 Å². The van der Waals surface area contributed by atoms with E-state index in [4.69, 9.17) is 4.74 Å². The molecule has 0 bridgehead atoms. The molecule has 1 atom stereocenters. The molecule has 2 aromatic carbocycles. The summed E-state index contributed by atoms with van der Waals surface area (Å²) in [5.74, 6) is -0.883. The van der Waals surface area contributed by atoms with Gasteiger partial charge in [0.05, 0.1) is 31.5 Å². The van der Waals surface area contributed by atoms with Crippen molar-refractivity contribution in [1.29, 1.82) is 0 Å². The Morgan fingerprint density at radius 2 is 1.97 bits per heavy atom. The molecule has 0 aliphatic carbocycles. The van der Waals surface area contributed by atoms with E-state index in [0.29, 0.717) is 17.2 Å². The Morgan fingerprint density at radius 3 is 2.67 bits per heavy atom. The van der Waals surface area contributed by atoms with E-state index in [-0.39, 0.29) is 17.9 Å². The molecule has 3 rings (SSSR count). The second kappa shape index (κ2) is 8.74. The summed E-state index contributed by atoms with van der Waals surface area (Å²) in [6, 6.07) is 11.0. The average Bonchev–Trinajstić information content (AvgIpc) is 2.83. The number of rotatable bonds is 5. The zero-order valence-corrected chi connectivity index (χ0v) is 16.6. The zero-order valence-electron chi connectivity index (χ0n) is 16.6. The molecule has 1 heterocycles. The first kappa shape index (κ1) is 21.6. The minimum absolute atomic E-state index is 0.0328. The molecule has 0 aromatic heterocycles. The quantitative estimate of drug-likeness (QED) is 0.804. The van der Waals surface area contributed by atoms with Crippen molar-refractivity contribution in [1.82, 2.24) is 4.90 Å². The molecule has 9 heteroatoms. The monoisotopic (exact) mass is 421 g/mol. The predicted molar refractivity (Wildman–Crippen MR) is 106 cm³/mol. The van der Waals surface area contributed by atoms with E-state index in [1.165, 1.54) is 25.3 Å². The number of carbonyl (C=O) groups is 2. The van der Waals surface area contributed by atoms with Crippen molar-refractivity contribution in [3.8, 4) is 5.75 Å². The summed E-state index contributed by atoms with van der Waals surface area (Å²) < 4.78 is 46.5. The average molecular weight is 421 g/mol. The van der Waals surface area contributed by atoms with Crippen LogP contribution >= 0.6 is 0 Å². The van der Waals surface area contributed by atoms with Gasteiger partial charge in [-0.25, -0.2) is 0 Å². The molecule has 1 unspecified atom stereocenters. The van der Waals surface area contributed by atoms with E-state index >= 15 is 0 Å². The van der Waals surface area contributed by atoms with Gasteiger partial charge < -0.3 is 10.1 Å². The van der Waals surface area contributed by atoms with Crippen LogP contribution in [0.1, 0.15) is 12.0 Å². The Balaban J connectivity index is 1.86. The van der Waals surface area contributed by atoms with E-state index in [0.717, 1.165) is 5.56 Å². The van der Waals surface area contributed by atoms with Crippen molar-refractivity contribution < 1.29 is 27.5 Å². The minimum Gasteiger partial charge on any atom is -0.497 e. The molecule has 1 aliphatic rings. The van der Waals surface area contributed by atoms with Gasteiger partial charge in [0.15, 0.2) is 0 Å². The zero-order chi connectivity index (χ0) is 21.9. The van der Waals surface area contributed by atoms with Crippen LogP contribution in [0.4, 0.5) is 24.5 Å². The highest BCUT2D eigenvalue weighted by molar-refractivity contribution is 6.05. The second-order valence-electron chi connectivity index (χ2n) is 7.11. The lowest BCUT2D eigenvalue weighted by atomic mass is 10.1. The van der Waals surface area contributed by atoms with Crippen molar-refractivity contribution in [2.45, 2.75) is 25.2 Å². The number of amides is 2. The number of ether oxygens (including phenoxy) is 1. The van der Waals surface area contributed by atoms with Crippen molar-refractivity contribution in [2.24, 2.45) is 0 Å². The highest BCUT2D eigenvalue weighted by Gasteiger charge is 2.49. The van der Waals surface area contributed by atoms with E-state index in [1.807, 2.05) is 6.07 Å². The lowest BCUT2D eigenvalue weighted by Gasteiger charge is -2.33. The van der Waals surface area contributed by atoms with Crippen LogP contribution in [0.2, 0.25) is 0 Å². The molecule has 6 nitrogen and oxygen atoms in total. The van der Waals surface area contributed by atoms with E-state index in [9.17, 15) is 22.8 Å². The van der Waals surface area contributed by atoms with Crippen LogP contribution in [0, 0.1) is 0 Å². The van der Waals surface area contributed by atoms with Crippen LogP contribution in [-0.2, 0) is 16.1 Å². The standard InChI is InChI=1S/C21H22F3N3O3/c1-26(12-14-6-5-7-15(10-14)30-2)13-20(29)27-17-9-4-3-8-16(17)25-19(28)11-18(27)21(22,23)24/h3-10,18H,11-13H2,1-2H3,(H,25,28). The maximum atomic E-state index is 13.8. The van der Waals surface area contributed by atoms with Crippen LogP contribution in [0.25, 0.3) is 0 Å². The summed E-state index contributed by atoms with van der Waals surface area (Å²) in [6.45, 7) is 0.0820. The molecule has 2 amide bonds. The summed E-state index contributed by atoms with van der Waals surface area (Å²) in [6.07, 6.45) is -5.61. The molecule has 1 aliphatic heterocycles. The maximum Gasteiger partial charge on any atom is 0.409 e. The molecule has 30 heavy (non-hydrogen) atoms. The lowest BCUT2D eigenvalue weighted by molar-refractivity contribution is -0.158. The van der Waals surface area contributed by atoms with Crippen LogP contribution < -0.4 is 15.0 Å². The number of likely N-dealkylation sites (N-methyl/N-ethyl adjacent to an activating group) is 1. The Hall–Kier alpha value is -3.07. The fraction of sp³-hybridized carbons (Fsp3) is 0.333. The van der Waals surface area contributed by atoms with Gasteiger partial charge in [-0.3, -0.25) is 19.4 Å². The lowest BCUT2D eigenvalue weighted by Crippen LogP contribution is -2.52. The number of carbonyl (C=O) groups excluding carboxylic acids is 2. The highest BCUT2D eigenvalue weighted by atomic mass is 19.4. The van der Waals surface area contributed by atoms with Gasteiger partial charge in [-0.2, -0.15) is 13.2 Å². The number of benzene rings is 2. The molecule has 0 radical (unpaired) electrons. The predicted octanol–water partition coefficient (Wildman–Crippen LogP) is 3.43. The van der Waals surface area contributed by atoms with Crippen LogP contribution in [0.3, 0.4) is 0 Å². The summed E-state index contributed by atoms with van der Waals surface area (Å²) >= 11 is 0. The van der Waals surface area contributed by atoms with Gasteiger partial charge in [0.1, 0.15) is 11.8 Å². The number of methoxy groups -OCH3 is 1. The SMILES string of the molecule is COc1cccc(CN(C)CC(=O)N2c3ccccc3NC(=O)CC2C(F)(F)F)c1. The molecule has 0 spiro atoms. The topological polar surface area (TPSA) is 61.9 Å². The van der Waals surface area contributed by atoms with Gasteiger partial charge in [-0.1, -0.05) is 24.3 Å². The Kier molecular flexibility index (Phi) is 6.31. The largest absolute Gasteiger partial charge is 0.497 e. The summed E-state index contributed by atoms with van der Waals surface area (Å²) in [4.78, 5) is 27.4. The Bertz CT molecular complexity index is 933. The third kappa shape index (κ3) is 4.91. The third-order valence-electron chi connectivity index (χ3n) is 4.77. The minimum atomic E-state index is -4.75. The number of alkyl halides is 3.